The van der Waals surface area contributed by atoms with E-state index in [1.165, 1.54) is 0 Å². The number of ether oxygens (including phenoxy) is 2. The molecule has 1 atom stereocenters. The third kappa shape index (κ3) is 3.78. The van der Waals surface area contributed by atoms with Crippen LogP contribution < -0.4 is 14.4 Å². The lowest BCUT2D eigenvalue weighted by molar-refractivity contribution is -0.124. The molecule has 6 nitrogen and oxygen atoms in total. The average molecular weight is 433 g/mol. The highest BCUT2D eigenvalue weighted by molar-refractivity contribution is 9.10. The summed E-state index contributed by atoms with van der Waals surface area (Å²) in [4.78, 5) is 29.0. The zero-order valence-electron chi connectivity index (χ0n) is 15.4. The van der Waals surface area contributed by atoms with E-state index in [1.807, 2.05) is 18.2 Å². The molecule has 0 bridgehead atoms. The molecule has 142 valence electrons. The van der Waals surface area contributed by atoms with Crippen molar-refractivity contribution in [2.45, 2.75) is 13.0 Å². The first kappa shape index (κ1) is 19.2. The lowest BCUT2D eigenvalue weighted by atomic mass is 10.1. The first-order chi connectivity index (χ1) is 13.0. The standard InChI is InChI=1S/C20H21BrN2O4/c1-13-19(24)23(16-8-9-17(26-2)18(12-16)27-3)11-10-22(13)20(25)14-4-6-15(21)7-5-14/h4-9,12-13H,10-11H2,1-3H3/t13-/m1/s1. The van der Waals surface area contributed by atoms with E-state index in [1.54, 1.807) is 55.2 Å². The highest BCUT2D eigenvalue weighted by Gasteiger charge is 2.35. The highest BCUT2D eigenvalue weighted by atomic mass is 79.9. The van der Waals surface area contributed by atoms with Crippen LogP contribution >= 0.6 is 15.9 Å². The summed E-state index contributed by atoms with van der Waals surface area (Å²) in [7, 11) is 3.12. The topological polar surface area (TPSA) is 59.1 Å². The molecule has 1 heterocycles. The van der Waals surface area contributed by atoms with Crippen molar-refractivity contribution in [1.82, 2.24) is 4.90 Å². The normalized spacial score (nSPS) is 17.0. The van der Waals surface area contributed by atoms with Crippen LogP contribution in [0.2, 0.25) is 0 Å². The SMILES string of the molecule is COc1ccc(N2CCN(C(=O)c3ccc(Br)cc3)[C@H](C)C2=O)cc1OC. The maximum atomic E-state index is 12.9. The van der Waals surface area contributed by atoms with Crippen molar-refractivity contribution in [1.29, 1.82) is 0 Å². The van der Waals surface area contributed by atoms with E-state index in [2.05, 4.69) is 15.9 Å². The minimum Gasteiger partial charge on any atom is -0.493 e. The molecule has 27 heavy (non-hydrogen) atoms. The van der Waals surface area contributed by atoms with Gasteiger partial charge in [-0.15, -0.1) is 0 Å². The molecule has 2 aromatic carbocycles. The van der Waals surface area contributed by atoms with Crippen molar-refractivity contribution < 1.29 is 19.1 Å². The van der Waals surface area contributed by atoms with E-state index in [4.69, 9.17) is 9.47 Å². The molecular formula is C20H21BrN2O4. The zero-order chi connectivity index (χ0) is 19.6. The third-order valence-electron chi connectivity index (χ3n) is 4.69. The summed E-state index contributed by atoms with van der Waals surface area (Å²) in [5, 5.41) is 0. The van der Waals surface area contributed by atoms with Gasteiger partial charge in [0, 0.05) is 34.9 Å². The second-order valence-corrected chi connectivity index (χ2v) is 7.13. The molecule has 1 aliphatic heterocycles. The van der Waals surface area contributed by atoms with Crippen LogP contribution in [0.25, 0.3) is 0 Å². The Bertz CT molecular complexity index is 854. The summed E-state index contributed by atoms with van der Waals surface area (Å²) < 4.78 is 11.5. The minimum absolute atomic E-state index is 0.126. The number of hydrogen-bond acceptors (Lipinski definition) is 4. The summed E-state index contributed by atoms with van der Waals surface area (Å²) in [5.74, 6) is 0.892. The Morgan fingerprint density at radius 2 is 1.70 bits per heavy atom. The molecule has 1 aliphatic rings. The Labute approximate surface area is 166 Å². The Hall–Kier alpha value is -2.54. The van der Waals surface area contributed by atoms with Gasteiger partial charge in [-0.3, -0.25) is 9.59 Å². The van der Waals surface area contributed by atoms with Gasteiger partial charge >= 0.3 is 0 Å². The second-order valence-electron chi connectivity index (χ2n) is 6.21. The van der Waals surface area contributed by atoms with E-state index in [0.29, 0.717) is 30.2 Å². The first-order valence-corrected chi connectivity index (χ1v) is 9.35. The van der Waals surface area contributed by atoms with Crippen LogP contribution in [-0.2, 0) is 4.79 Å². The van der Waals surface area contributed by atoms with Crippen LogP contribution in [-0.4, -0.2) is 50.1 Å². The van der Waals surface area contributed by atoms with Gasteiger partial charge in [0.1, 0.15) is 6.04 Å². The van der Waals surface area contributed by atoms with Gasteiger partial charge in [-0.2, -0.15) is 0 Å². The van der Waals surface area contributed by atoms with Crippen molar-refractivity contribution in [2.24, 2.45) is 0 Å². The molecule has 3 rings (SSSR count). The molecule has 0 saturated carbocycles. The number of carbonyl (C=O) groups is 2. The van der Waals surface area contributed by atoms with Gasteiger partial charge in [0.2, 0.25) is 5.91 Å². The molecule has 0 N–H and O–H groups in total. The van der Waals surface area contributed by atoms with E-state index >= 15 is 0 Å². The van der Waals surface area contributed by atoms with Crippen LogP contribution in [0.4, 0.5) is 5.69 Å². The summed E-state index contributed by atoms with van der Waals surface area (Å²) in [6, 6.07) is 12.0. The molecule has 0 aliphatic carbocycles. The fourth-order valence-electron chi connectivity index (χ4n) is 3.16. The van der Waals surface area contributed by atoms with Crippen molar-refractivity contribution in [3.05, 3.63) is 52.5 Å². The van der Waals surface area contributed by atoms with Gasteiger partial charge in [-0.05, 0) is 43.3 Å². The van der Waals surface area contributed by atoms with E-state index in [9.17, 15) is 9.59 Å². The smallest absolute Gasteiger partial charge is 0.254 e. The molecule has 1 saturated heterocycles. The molecule has 1 fully saturated rings. The predicted octanol–water partition coefficient (Wildman–Crippen LogP) is 3.34. The van der Waals surface area contributed by atoms with Gasteiger partial charge in [0.15, 0.2) is 11.5 Å². The number of benzene rings is 2. The molecule has 7 heteroatoms. The van der Waals surface area contributed by atoms with Gasteiger partial charge in [-0.25, -0.2) is 0 Å². The summed E-state index contributed by atoms with van der Waals surface area (Å²) >= 11 is 3.36. The molecule has 2 amide bonds. The summed E-state index contributed by atoms with van der Waals surface area (Å²) in [6.07, 6.45) is 0. The molecular weight excluding hydrogens is 412 g/mol. The quantitative estimate of drug-likeness (QED) is 0.742. The van der Waals surface area contributed by atoms with Gasteiger partial charge in [0.05, 0.1) is 14.2 Å². The van der Waals surface area contributed by atoms with Crippen LogP contribution in [0.15, 0.2) is 46.9 Å². The minimum atomic E-state index is -0.553. The Balaban J connectivity index is 1.80. The number of piperazine rings is 1. The summed E-state index contributed by atoms with van der Waals surface area (Å²) in [5.41, 5.74) is 1.29. The highest BCUT2D eigenvalue weighted by Crippen LogP contribution is 2.32. The van der Waals surface area contributed by atoms with Gasteiger partial charge in [-0.1, -0.05) is 15.9 Å². The Kier molecular flexibility index (Phi) is 5.70. The van der Waals surface area contributed by atoms with Gasteiger partial charge < -0.3 is 19.3 Å². The number of nitrogens with zero attached hydrogens (tertiary/aromatic N) is 2. The van der Waals surface area contributed by atoms with Crippen molar-refractivity contribution >= 4 is 33.4 Å². The molecule has 2 aromatic rings. The predicted molar refractivity (Wildman–Crippen MR) is 107 cm³/mol. The fourth-order valence-corrected chi connectivity index (χ4v) is 3.42. The van der Waals surface area contributed by atoms with Crippen molar-refractivity contribution in [2.75, 3.05) is 32.2 Å². The number of hydrogen-bond donors (Lipinski definition) is 0. The van der Waals surface area contributed by atoms with Crippen LogP contribution in [0, 0.1) is 0 Å². The van der Waals surface area contributed by atoms with Crippen LogP contribution in [0.1, 0.15) is 17.3 Å². The molecule has 0 aromatic heterocycles. The molecule has 0 spiro atoms. The second kappa shape index (κ2) is 8.00. The van der Waals surface area contributed by atoms with Gasteiger partial charge in [0.25, 0.3) is 5.91 Å². The maximum absolute atomic E-state index is 12.9. The maximum Gasteiger partial charge on any atom is 0.254 e. The number of methoxy groups -OCH3 is 2. The number of anilines is 1. The molecule has 0 unspecified atom stereocenters. The number of amides is 2. The zero-order valence-corrected chi connectivity index (χ0v) is 17.0. The molecule has 0 radical (unpaired) electrons. The van der Waals surface area contributed by atoms with E-state index in [0.717, 1.165) is 10.2 Å². The summed E-state index contributed by atoms with van der Waals surface area (Å²) in [6.45, 7) is 2.63. The van der Waals surface area contributed by atoms with Crippen LogP contribution in [0.5, 0.6) is 11.5 Å². The monoisotopic (exact) mass is 432 g/mol. The number of carbonyl (C=O) groups excluding carboxylic acids is 2. The Morgan fingerprint density at radius 1 is 1.04 bits per heavy atom. The third-order valence-corrected chi connectivity index (χ3v) is 5.21. The van der Waals surface area contributed by atoms with E-state index in [-0.39, 0.29) is 11.8 Å². The number of halogens is 1. The largest absolute Gasteiger partial charge is 0.493 e. The number of rotatable bonds is 4. The first-order valence-electron chi connectivity index (χ1n) is 8.56. The average Bonchev–Trinajstić information content (AvgIpc) is 2.69. The Morgan fingerprint density at radius 3 is 2.33 bits per heavy atom. The fraction of sp³-hybridized carbons (Fsp3) is 0.300. The lowest BCUT2D eigenvalue weighted by Crippen LogP contribution is -2.57. The van der Waals surface area contributed by atoms with Crippen molar-refractivity contribution in [3.8, 4) is 11.5 Å². The van der Waals surface area contributed by atoms with E-state index < -0.39 is 6.04 Å². The van der Waals surface area contributed by atoms with Crippen LogP contribution in [0.3, 0.4) is 0 Å². The van der Waals surface area contributed by atoms with Crippen molar-refractivity contribution in [3.63, 3.8) is 0 Å². The lowest BCUT2D eigenvalue weighted by Gasteiger charge is -2.39.